The van der Waals surface area contributed by atoms with E-state index in [0.717, 1.165) is 0 Å². The zero-order valence-corrected chi connectivity index (χ0v) is 12.0. The summed E-state index contributed by atoms with van der Waals surface area (Å²) in [7, 11) is 0. The van der Waals surface area contributed by atoms with Crippen LogP contribution in [0.2, 0.25) is 0 Å². The van der Waals surface area contributed by atoms with E-state index in [1.165, 1.54) is 24.3 Å². The number of nitro benzene ring substituents is 1. The molecule has 0 heterocycles. The molecule has 1 aromatic rings. The minimum atomic E-state index is -0.650. The number of amides is 3. The minimum absolute atomic E-state index is 0.140. The van der Waals surface area contributed by atoms with Gasteiger partial charge in [0.25, 0.3) is 11.6 Å². The molecule has 0 aliphatic heterocycles. The van der Waals surface area contributed by atoms with Gasteiger partial charge in [-0.05, 0) is 26.8 Å². The molecule has 8 nitrogen and oxygen atoms in total. The SMILES string of the molecule is CC(C)(C)NC(=O)NC(=O)COc1cccc([N+](=O)[O-])c1. The lowest BCUT2D eigenvalue weighted by molar-refractivity contribution is -0.384. The number of benzene rings is 1. The van der Waals surface area contributed by atoms with E-state index in [4.69, 9.17) is 4.74 Å². The first-order chi connectivity index (χ1) is 9.67. The first kappa shape index (κ1) is 16.4. The van der Waals surface area contributed by atoms with Gasteiger partial charge in [-0.25, -0.2) is 4.79 Å². The summed E-state index contributed by atoms with van der Waals surface area (Å²) >= 11 is 0. The highest BCUT2D eigenvalue weighted by Gasteiger charge is 2.16. The third-order valence-corrected chi connectivity index (χ3v) is 2.14. The van der Waals surface area contributed by atoms with Crippen LogP contribution in [0.1, 0.15) is 20.8 Å². The monoisotopic (exact) mass is 295 g/mol. The highest BCUT2D eigenvalue weighted by molar-refractivity contribution is 5.95. The van der Waals surface area contributed by atoms with Gasteiger partial charge < -0.3 is 10.1 Å². The minimum Gasteiger partial charge on any atom is -0.484 e. The van der Waals surface area contributed by atoms with E-state index >= 15 is 0 Å². The number of carbonyl (C=O) groups excluding carboxylic acids is 2. The van der Waals surface area contributed by atoms with E-state index in [9.17, 15) is 19.7 Å². The number of urea groups is 1. The molecule has 0 unspecified atom stereocenters. The Kier molecular flexibility index (Phi) is 5.23. The fraction of sp³-hybridized carbons (Fsp3) is 0.385. The number of imide groups is 1. The molecule has 0 saturated carbocycles. The van der Waals surface area contributed by atoms with Crippen molar-refractivity contribution < 1.29 is 19.2 Å². The molecule has 1 aromatic carbocycles. The van der Waals surface area contributed by atoms with Crippen LogP contribution in [0, 0.1) is 10.1 Å². The van der Waals surface area contributed by atoms with Gasteiger partial charge in [0, 0.05) is 11.6 Å². The van der Waals surface area contributed by atoms with Crippen LogP contribution in [0.3, 0.4) is 0 Å². The molecule has 0 aliphatic carbocycles. The Bertz CT molecular complexity index is 551. The van der Waals surface area contributed by atoms with E-state index in [-0.39, 0.29) is 11.4 Å². The standard InChI is InChI=1S/C13H17N3O5/c1-13(2,3)15-12(18)14-11(17)8-21-10-6-4-5-9(7-10)16(19)20/h4-7H,8H2,1-3H3,(H2,14,15,17,18). The molecule has 0 aliphatic rings. The summed E-state index contributed by atoms with van der Waals surface area (Å²) in [4.78, 5) is 33.0. The largest absolute Gasteiger partial charge is 0.484 e. The number of nitrogens with zero attached hydrogens (tertiary/aromatic N) is 1. The van der Waals surface area contributed by atoms with Crippen molar-refractivity contribution >= 4 is 17.6 Å². The van der Waals surface area contributed by atoms with Crippen LogP contribution in [-0.4, -0.2) is 29.0 Å². The van der Waals surface area contributed by atoms with Gasteiger partial charge in [0.2, 0.25) is 0 Å². The Morgan fingerprint density at radius 2 is 2.00 bits per heavy atom. The highest BCUT2D eigenvalue weighted by atomic mass is 16.6. The third kappa shape index (κ3) is 6.37. The smallest absolute Gasteiger partial charge is 0.321 e. The Balaban J connectivity index is 2.48. The van der Waals surface area contributed by atoms with E-state index in [1.807, 2.05) is 0 Å². The normalized spacial score (nSPS) is 10.6. The van der Waals surface area contributed by atoms with Crippen LogP contribution in [-0.2, 0) is 4.79 Å². The Hall–Kier alpha value is -2.64. The predicted octanol–water partition coefficient (Wildman–Crippen LogP) is 1.60. The maximum atomic E-state index is 11.5. The van der Waals surface area contributed by atoms with E-state index < -0.39 is 29.0 Å². The van der Waals surface area contributed by atoms with Crippen LogP contribution in [0.15, 0.2) is 24.3 Å². The molecule has 3 amide bonds. The van der Waals surface area contributed by atoms with Crippen LogP contribution in [0.25, 0.3) is 0 Å². The van der Waals surface area contributed by atoms with E-state index in [1.54, 1.807) is 20.8 Å². The summed E-state index contributed by atoms with van der Waals surface area (Å²) in [6, 6.07) is 4.80. The molecule has 8 heteroatoms. The van der Waals surface area contributed by atoms with Crippen LogP contribution in [0.4, 0.5) is 10.5 Å². The Morgan fingerprint density at radius 3 is 2.57 bits per heavy atom. The van der Waals surface area contributed by atoms with Gasteiger partial charge in [-0.3, -0.25) is 20.2 Å². The van der Waals surface area contributed by atoms with Crippen molar-refractivity contribution in [2.24, 2.45) is 0 Å². The quantitative estimate of drug-likeness (QED) is 0.647. The molecule has 0 atom stereocenters. The number of nitro groups is 1. The molecule has 1 rings (SSSR count). The molecule has 21 heavy (non-hydrogen) atoms. The second-order valence-electron chi connectivity index (χ2n) is 5.30. The third-order valence-electron chi connectivity index (χ3n) is 2.14. The maximum absolute atomic E-state index is 11.5. The van der Waals surface area contributed by atoms with Crippen LogP contribution >= 0.6 is 0 Å². The average molecular weight is 295 g/mol. The van der Waals surface area contributed by atoms with Gasteiger partial charge in [0.1, 0.15) is 5.75 Å². The molecular weight excluding hydrogens is 278 g/mol. The molecule has 0 bridgehead atoms. The second kappa shape index (κ2) is 6.69. The van der Waals surface area contributed by atoms with Crippen LogP contribution < -0.4 is 15.4 Å². The van der Waals surface area contributed by atoms with Crippen molar-refractivity contribution in [3.05, 3.63) is 34.4 Å². The Morgan fingerprint density at radius 1 is 1.33 bits per heavy atom. The summed E-state index contributed by atoms with van der Waals surface area (Å²) in [6.45, 7) is 4.91. The average Bonchev–Trinajstić information content (AvgIpc) is 2.34. The van der Waals surface area contributed by atoms with Gasteiger partial charge in [-0.15, -0.1) is 0 Å². The molecule has 114 valence electrons. The summed E-state index contributed by atoms with van der Waals surface area (Å²) in [6.07, 6.45) is 0. The molecule has 0 fully saturated rings. The highest BCUT2D eigenvalue weighted by Crippen LogP contribution is 2.18. The van der Waals surface area contributed by atoms with Gasteiger partial charge in [0.05, 0.1) is 11.0 Å². The van der Waals surface area contributed by atoms with E-state index in [2.05, 4.69) is 10.6 Å². The van der Waals surface area contributed by atoms with Crippen molar-refractivity contribution in [2.75, 3.05) is 6.61 Å². The van der Waals surface area contributed by atoms with Gasteiger partial charge in [-0.2, -0.15) is 0 Å². The molecular formula is C13H17N3O5. The Labute approximate surface area is 121 Å². The zero-order valence-electron chi connectivity index (χ0n) is 12.0. The second-order valence-corrected chi connectivity index (χ2v) is 5.30. The number of non-ortho nitro benzene ring substituents is 1. The van der Waals surface area contributed by atoms with Crippen LogP contribution in [0.5, 0.6) is 5.75 Å². The zero-order chi connectivity index (χ0) is 16.0. The molecule has 0 saturated heterocycles. The van der Waals surface area contributed by atoms with Gasteiger partial charge in [-0.1, -0.05) is 6.07 Å². The topological polar surface area (TPSA) is 111 Å². The number of rotatable bonds is 4. The molecule has 0 aromatic heterocycles. The molecule has 2 N–H and O–H groups in total. The predicted molar refractivity (Wildman–Crippen MR) is 75.0 cm³/mol. The first-order valence-electron chi connectivity index (χ1n) is 6.16. The summed E-state index contributed by atoms with van der Waals surface area (Å²) < 4.78 is 5.09. The van der Waals surface area contributed by atoms with Crippen molar-refractivity contribution in [1.82, 2.24) is 10.6 Å². The maximum Gasteiger partial charge on any atom is 0.321 e. The van der Waals surface area contributed by atoms with Crippen molar-refractivity contribution in [3.8, 4) is 5.75 Å². The number of carbonyl (C=O) groups is 2. The lowest BCUT2D eigenvalue weighted by Gasteiger charge is -2.20. The molecule has 0 radical (unpaired) electrons. The number of hydrogen-bond donors (Lipinski definition) is 2. The summed E-state index contributed by atoms with van der Waals surface area (Å²) in [5.74, 6) is -0.473. The van der Waals surface area contributed by atoms with Crippen molar-refractivity contribution in [2.45, 2.75) is 26.3 Å². The van der Waals surface area contributed by atoms with Gasteiger partial charge in [0.15, 0.2) is 6.61 Å². The van der Waals surface area contributed by atoms with E-state index in [0.29, 0.717) is 0 Å². The molecule has 0 spiro atoms. The van der Waals surface area contributed by atoms with Crippen molar-refractivity contribution in [1.29, 1.82) is 0 Å². The number of hydrogen-bond acceptors (Lipinski definition) is 5. The van der Waals surface area contributed by atoms with Gasteiger partial charge >= 0.3 is 6.03 Å². The lowest BCUT2D eigenvalue weighted by atomic mass is 10.1. The van der Waals surface area contributed by atoms with Crippen molar-refractivity contribution in [3.63, 3.8) is 0 Å². The summed E-state index contributed by atoms with van der Waals surface area (Å²) in [5, 5.41) is 15.2. The first-order valence-corrected chi connectivity index (χ1v) is 6.16. The fourth-order valence-electron chi connectivity index (χ4n) is 1.37. The summed E-state index contributed by atoms with van der Waals surface area (Å²) in [5.41, 5.74) is -0.607. The fourth-order valence-corrected chi connectivity index (χ4v) is 1.37. The number of ether oxygens (including phenoxy) is 1. The lowest BCUT2D eigenvalue weighted by Crippen LogP contribution is -2.49. The number of nitrogens with one attached hydrogen (secondary N) is 2.